The summed E-state index contributed by atoms with van der Waals surface area (Å²) in [7, 11) is 0. The van der Waals surface area contributed by atoms with E-state index in [0.717, 1.165) is 25.9 Å². The van der Waals surface area contributed by atoms with E-state index in [-0.39, 0.29) is 6.04 Å². The van der Waals surface area contributed by atoms with Gasteiger partial charge in [0.05, 0.1) is 6.04 Å². The van der Waals surface area contributed by atoms with E-state index < -0.39 is 6.17 Å². The molecule has 0 amide bonds. The molecule has 2 heterocycles. The van der Waals surface area contributed by atoms with Gasteiger partial charge in [-0.15, -0.1) is 0 Å². The molecule has 3 rings (SSSR count). The maximum absolute atomic E-state index is 14.3. The van der Waals surface area contributed by atoms with E-state index in [2.05, 4.69) is 41.2 Å². The van der Waals surface area contributed by atoms with E-state index in [9.17, 15) is 4.39 Å². The molecular formula is C17H22FN3. The number of rotatable bonds is 4. The molecule has 3 nitrogen and oxygen atoms in total. The van der Waals surface area contributed by atoms with Crippen LogP contribution in [0.3, 0.4) is 0 Å². The first-order valence-corrected chi connectivity index (χ1v) is 7.63. The second-order valence-corrected chi connectivity index (χ2v) is 5.89. The van der Waals surface area contributed by atoms with E-state index in [1.165, 1.54) is 11.1 Å². The second kappa shape index (κ2) is 6.39. The van der Waals surface area contributed by atoms with Gasteiger partial charge in [0.1, 0.15) is 6.17 Å². The third-order valence-corrected chi connectivity index (χ3v) is 4.29. The van der Waals surface area contributed by atoms with Crippen LogP contribution in [0.2, 0.25) is 0 Å². The summed E-state index contributed by atoms with van der Waals surface area (Å²) in [6.07, 6.45) is 4.56. The fourth-order valence-electron chi connectivity index (χ4n) is 2.98. The smallest absolute Gasteiger partial charge is 0.135 e. The van der Waals surface area contributed by atoms with Crippen molar-refractivity contribution in [2.45, 2.75) is 32.0 Å². The standard InChI is InChI=1S/C17H22FN3/c1-14-3-5-15(6-4-14)7-11-20-12-8-17(16(18)13-20)21-10-2-9-19-21/h2-6,9-10,16-17H,7-8,11-13H2,1H3/t16-,17+/m1/s1. The van der Waals surface area contributed by atoms with Gasteiger partial charge in [0.2, 0.25) is 0 Å². The van der Waals surface area contributed by atoms with Gasteiger partial charge in [-0.2, -0.15) is 5.10 Å². The zero-order valence-corrected chi connectivity index (χ0v) is 12.5. The van der Waals surface area contributed by atoms with Crippen LogP contribution in [0, 0.1) is 6.92 Å². The molecule has 0 bridgehead atoms. The fourth-order valence-corrected chi connectivity index (χ4v) is 2.98. The van der Waals surface area contributed by atoms with Gasteiger partial charge in [-0.3, -0.25) is 9.58 Å². The van der Waals surface area contributed by atoms with Crippen LogP contribution in [0.15, 0.2) is 42.7 Å². The van der Waals surface area contributed by atoms with E-state index in [0.29, 0.717) is 6.54 Å². The second-order valence-electron chi connectivity index (χ2n) is 5.89. The van der Waals surface area contributed by atoms with Crippen LogP contribution in [0.25, 0.3) is 0 Å². The number of hydrogen-bond donors (Lipinski definition) is 0. The molecule has 1 aromatic carbocycles. The average molecular weight is 287 g/mol. The van der Waals surface area contributed by atoms with Crippen LogP contribution in [0.5, 0.6) is 0 Å². The minimum atomic E-state index is -0.836. The van der Waals surface area contributed by atoms with Gasteiger partial charge in [0.15, 0.2) is 0 Å². The van der Waals surface area contributed by atoms with Crippen LogP contribution in [0.4, 0.5) is 4.39 Å². The van der Waals surface area contributed by atoms with Gasteiger partial charge >= 0.3 is 0 Å². The third-order valence-electron chi connectivity index (χ3n) is 4.29. The molecule has 2 atom stereocenters. The molecule has 1 fully saturated rings. The van der Waals surface area contributed by atoms with Crippen molar-refractivity contribution in [3.63, 3.8) is 0 Å². The first-order chi connectivity index (χ1) is 10.2. The van der Waals surface area contributed by atoms with Crippen molar-refractivity contribution >= 4 is 0 Å². The quantitative estimate of drug-likeness (QED) is 0.862. The molecule has 0 radical (unpaired) electrons. The van der Waals surface area contributed by atoms with Crippen molar-refractivity contribution < 1.29 is 4.39 Å². The highest BCUT2D eigenvalue weighted by molar-refractivity contribution is 5.21. The predicted molar refractivity (Wildman–Crippen MR) is 82.1 cm³/mol. The Morgan fingerprint density at radius 2 is 2.10 bits per heavy atom. The summed E-state index contributed by atoms with van der Waals surface area (Å²) in [4.78, 5) is 2.23. The summed E-state index contributed by atoms with van der Waals surface area (Å²) in [5.41, 5.74) is 2.60. The predicted octanol–water partition coefficient (Wildman–Crippen LogP) is 3.02. The van der Waals surface area contributed by atoms with Crippen molar-refractivity contribution in [3.05, 3.63) is 53.9 Å². The van der Waals surface area contributed by atoms with Gasteiger partial charge in [-0.25, -0.2) is 4.39 Å². The molecule has 2 aromatic rings. The maximum Gasteiger partial charge on any atom is 0.135 e. The minimum absolute atomic E-state index is 0.101. The SMILES string of the molecule is Cc1ccc(CCN2CC[C@H](n3cccn3)[C@H](F)C2)cc1. The van der Waals surface area contributed by atoms with E-state index in [1.807, 2.05) is 12.3 Å². The summed E-state index contributed by atoms with van der Waals surface area (Å²) < 4.78 is 16.1. The van der Waals surface area contributed by atoms with Crippen molar-refractivity contribution in [2.75, 3.05) is 19.6 Å². The first-order valence-electron chi connectivity index (χ1n) is 7.63. The summed E-state index contributed by atoms with van der Waals surface area (Å²) in [5, 5.41) is 4.18. The van der Waals surface area contributed by atoms with Crippen LogP contribution >= 0.6 is 0 Å². The summed E-state index contributed by atoms with van der Waals surface area (Å²) in [6.45, 7) is 4.47. The lowest BCUT2D eigenvalue weighted by molar-refractivity contribution is 0.0846. The summed E-state index contributed by atoms with van der Waals surface area (Å²) in [5.74, 6) is 0. The Morgan fingerprint density at radius 3 is 2.76 bits per heavy atom. The number of piperidine rings is 1. The minimum Gasteiger partial charge on any atom is -0.300 e. The van der Waals surface area contributed by atoms with Crippen molar-refractivity contribution in [1.29, 1.82) is 0 Å². The highest BCUT2D eigenvalue weighted by Crippen LogP contribution is 2.24. The highest BCUT2D eigenvalue weighted by atomic mass is 19.1. The topological polar surface area (TPSA) is 21.1 Å². The molecule has 0 saturated carbocycles. The lowest BCUT2D eigenvalue weighted by Gasteiger charge is -2.34. The molecule has 4 heteroatoms. The maximum atomic E-state index is 14.3. The van der Waals surface area contributed by atoms with E-state index in [1.54, 1.807) is 10.9 Å². The monoisotopic (exact) mass is 287 g/mol. The lowest BCUT2D eigenvalue weighted by Crippen LogP contribution is -2.43. The van der Waals surface area contributed by atoms with Gasteiger partial charge in [-0.05, 0) is 31.4 Å². The van der Waals surface area contributed by atoms with Gasteiger partial charge < -0.3 is 0 Å². The number of hydrogen-bond acceptors (Lipinski definition) is 2. The Morgan fingerprint density at radius 1 is 1.29 bits per heavy atom. The van der Waals surface area contributed by atoms with E-state index in [4.69, 9.17) is 0 Å². The largest absolute Gasteiger partial charge is 0.300 e. The molecular weight excluding hydrogens is 265 g/mol. The molecule has 21 heavy (non-hydrogen) atoms. The number of nitrogens with zero attached hydrogens (tertiary/aromatic N) is 3. The lowest BCUT2D eigenvalue weighted by atomic mass is 10.0. The van der Waals surface area contributed by atoms with Crippen LogP contribution in [-0.2, 0) is 6.42 Å². The summed E-state index contributed by atoms with van der Waals surface area (Å²) >= 11 is 0. The van der Waals surface area contributed by atoms with E-state index >= 15 is 0 Å². The molecule has 1 aliphatic heterocycles. The first kappa shape index (κ1) is 14.3. The fraction of sp³-hybridized carbons (Fsp3) is 0.471. The third kappa shape index (κ3) is 3.50. The zero-order chi connectivity index (χ0) is 14.7. The van der Waals surface area contributed by atoms with Crippen molar-refractivity contribution in [1.82, 2.24) is 14.7 Å². The van der Waals surface area contributed by atoms with Crippen molar-refractivity contribution in [3.8, 4) is 0 Å². The number of likely N-dealkylation sites (tertiary alicyclic amines) is 1. The average Bonchev–Trinajstić information content (AvgIpc) is 3.01. The Hall–Kier alpha value is -1.68. The molecule has 0 unspecified atom stereocenters. The van der Waals surface area contributed by atoms with Crippen LogP contribution < -0.4 is 0 Å². The summed E-state index contributed by atoms with van der Waals surface area (Å²) in [6, 6.07) is 10.4. The van der Waals surface area contributed by atoms with Crippen LogP contribution in [-0.4, -0.2) is 40.5 Å². The highest BCUT2D eigenvalue weighted by Gasteiger charge is 2.30. The Labute approximate surface area is 125 Å². The molecule has 1 saturated heterocycles. The molecule has 0 spiro atoms. The van der Waals surface area contributed by atoms with Crippen molar-refractivity contribution in [2.24, 2.45) is 0 Å². The number of aryl methyl sites for hydroxylation is 1. The Bertz CT molecular complexity index is 550. The Kier molecular flexibility index (Phi) is 4.34. The van der Waals surface area contributed by atoms with Crippen LogP contribution in [0.1, 0.15) is 23.6 Å². The number of benzene rings is 1. The van der Waals surface area contributed by atoms with Gasteiger partial charge in [-0.1, -0.05) is 29.8 Å². The number of aromatic nitrogens is 2. The normalized spacial score (nSPS) is 23.3. The number of alkyl halides is 1. The number of halogens is 1. The molecule has 0 aliphatic carbocycles. The molecule has 1 aliphatic rings. The zero-order valence-electron chi connectivity index (χ0n) is 12.5. The van der Waals surface area contributed by atoms with Gasteiger partial charge in [0.25, 0.3) is 0 Å². The molecule has 1 aromatic heterocycles. The molecule has 0 N–H and O–H groups in total. The molecule has 112 valence electrons. The van der Waals surface area contributed by atoms with Gasteiger partial charge in [0, 0.05) is 32.0 Å². The Balaban J connectivity index is 1.51.